The minimum absolute atomic E-state index is 0.614. The molecule has 0 aromatic heterocycles. The maximum atomic E-state index is 5.36. The molecular formula is C16H17BrN4S. The molecule has 1 aliphatic heterocycles. The third-order valence-electron chi connectivity index (χ3n) is 3.52. The molecule has 22 heavy (non-hydrogen) atoms. The number of aryl methyl sites for hydroxylation is 1. The standard InChI is InChI=1S/C16H17BrN4S/c1-11-8-13(17)6-7-14(11)19-16(22)18-10-21-9-12-4-2-3-5-15(12)20-21/h2-8,20H,9-10H2,1H3,(H2,18,19,22). The SMILES string of the molecule is Cc1cc(Br)ccc1NC(=S)NCN1Cc2ccccc2N1. The number of fused-ring (bicyclic) bond motifs is 1. The molecule has 1 aliphatic rings. The number of hydrazine groups is 1. The van der Waals surface area contributed by atoms with Crippen molar-refractivity contribution in [3.05, 3.63) is 58.1 Å². The zero-order valence-corrected chi connectivity index (χ0v) is 14.6. The van der Waals surface area contributed by atoms with Crippen LogP contribution in [0.3, 0.4) is 0 Å². The fraction of sp³-hybridized carbons (Fsp3) is 0.188. The first-order chi connectivity index (χ1) is 10.6. The molecular weight excluding hydrogens is 360 g/mol. The third-order valence-corrected chi connectivity index (χ3v) is 4.26. The molecule has 0 spiro atoms. The predicted octanol–water partition coefficient (Wildman–Crippen LogP) is 3.84. The summed E-state index contributed by atoms with van der Waals surface area (Å²) >= 11 is 8.82. The summed E-state index contributed by atoms with van der Waals surface area (Å²) in [6, 6.07) is 14.4. The number of thiocarbonyl (C=S) groups is 1. The number of hydrogen-bond donors (Lipinski definition) is 3. The molecule has 3 N–H and O–H groups in total. The van der Waals surface area contributed by atoms with Gasteiger partial charge in [-0.05, 0) is 54.5 Å². The normalized spacial score (nSPS) is 13.4. The van der Waals surface area contributed by atoms with Gasteiger partial charge in [0.15, 0.2) is 5.11 Å². The number of rotatable bonds is 3. The highest BCUT2D eigenvalue weighted by atomic mass is 79.9. The van der Waals surface area contributed by atoms with Gasteiger partial charge in [-0.3, -0.25) is 0 Å². The van der Waals surface area contributed by atoms with Gasteiger partial charge in [0.05, 0.1) is 12.4 Å². The van der Waals surface area contributed by atoms with Crippen molar-refractivity contribution < 1.29 is 0 Å². The summed E-state index contributed by atoms with van der Waals surface area (Å²) in [6.45, 7) is 3.55. The molecule has 0 unspecified atom stereocenters. The quantitative estimate of drug-likeness (QED) is 0.709. The van der Waals surface area contributed by atoms with E-state index in [-0.39, 0.29) is 0 Å². The molecule has 0 saturated carbocycles. The van der Waals surface area contributed by atoms with E-state index in [1.165, 1.54) is 5.56 Å². The number of para-hydroxylation sites is 1. The molecule has 2 aromatic carbocycles. The van der Waals surface area contributed by atoms with Gasteiger partial charge in [0.2, 0.25) is 0 Å². The summed E-state index contributed by atoms with van der Waals surface area (Å²) in [5, 5.41) is 9.15. The van der Waals surface area contributed by atoms with E-state index in [2.05, 4.69) is 61.3 Å². The lowest BCUT2D eigenvalue weighted by atomic mass is 10.2. The van der Waals surface area contributed by atoms with Crippen molar-refractivity contribution in [1.82, 2.24) is 10.3 Å². The van der Waals surface area contributed by atoms with Crippen molar-refractivity contribution in [2.45, 2.75) is 13.5 Å². The Morgan fingerprint density at radius 2 is 2.14 bits per heavy atom. The highest BCUT2D eigenvalue weighted by Gasteiger charge is 2.17. The number of hydrogen-bond acceptors (Lipinski definition) is 3. The van der Waals surface area contributed by atoms with Gasteiger partial charge in [-0.1, -0.05) is 34.1 Å². The Hall–Kier alpha value is -1.63. The van der Waals surface area contributed by atoms with Crippen LogP contribution in [0.15, 0.2) is 46.9 Å². The largest absolute Gasteiger partial charge is 0.348 e. The summed E-state index contributed by atoms with van der Waals surface area (Å²) in [5.74, 6) is 0. The van der Waals surface area contributed by atoms with Crippen molar-refractivity contribution in [3.63, 3.8) is 0 Å². The molecule has 0 amide bonds. The van der Waals surface area contributed by atoms with Crippen LogP contribution in [0.1, 0.15) is 11.1 Å². The third kappa shape index (κ3) is 3.58. The Morgan fingerprint density at radius 1 is 1.32 bits per heavy atom. The van der Waals surface area contributed by atoms with Crippen molar-refractivity contribution in [2.75, 3.05) is 17.4 Å². The van der Waals surface area contributed by atoms with Gasteiger partial charge in [0.25, 0.3) is 0 Å². The number of anilines is 2. The minimum Gasteiger partial charge on any atom is -0.348 e. The molecule has 0 atom stereocenters. The van der Waals surface area contributed by atoms with Gasteiger partial charge in [-0.15, -0.1) is 0 Å². The molecule has 1 heterocycles. The first-order valence-corrected chi connectivity index (χ1v) is 8.22. The lowest BCUT2D eigenvalue weighted by molar-refractivity contribution is 0.337. The molecule has 0 fully saturated rings. The van der Waals surface area contributed by atoms with Crippen molar-refractivity contribution >= 4 is 44.6 Å². The van der Waals surface area contributed by atoms with Crippen LogP contribution in [-0.2, 0) is 6.54 Å². The first kappa shape index (κ1) is 15.3. The van der Waals surface area contributed by atoms with Crippen molar-refractivity contribution in [2.24, 2.45) is 0 Å². The maximum absolute atomic E-state index is 5.36. The van der Waals surface area contributed by atoms with Crippen LogP contribution in [0.2, 0.25) is 0 Å². The second-order valence-corrected chi connectivity index (χ2v) is 6.54. The summed E-state index contributed by atoms with van der Waals surface area (Å²) in [6.07, 6.45) is 0. The summed E-state index contributed by atoms with van der Waals surface area (Å²) < 4.78 is 1.06. The molecule has 6 heteroatoms. The Balaban J connectivity index is 1.51. The molecule has 3 rings (SSSR count). The number of nitrogens with one attached hydrogen (secondary N) is 3. The van der Waals surface area contributed by atoms with E-state index >= 15 is 0 Å². The van der Waals surface area contributed by atoms with Crippen molar-refractivity contribution in [3.8, 4) is 0 Å². The van der Waals surface area contributed by atoms with E-state index in [1.807, 2.05) is 25.1 Å². The lowest BCUT2D eigenvalue weighted by Gasteiger charge is -2.19. The smallest absolute Gasteiger partial charge is 0.171 e. The molecule has 0 bridgehead atoms. The molecule has 4 nitrogen and oxygen atoms in total. The van der Waals surface area contributed by atoms with Crippen LogP contribution in [0, 0.1) is 6.92 Å². The summed E-state index contributed by atoms with van der Waals surface area (Å²) in [7, 11) is 0. The van der Waals surface area contributed by atoms with Crippen LogP contribution < -0.4 is 16.1 Å². The zero-order valence-electron chi connectivity index (χ0n) is 12.2. The molecule has 0 radical (unpaired) electrons. The fourth-order valence-electron chi connectivity index (χ4n) is 2.38. The van der Waals surface area contributed by atoms with Crippen molar-refractivity contribution in [1.29, 1.82) is 0 Å². The topological polar surface area (TPSA) is 39.3 Å². The van der Waals surface area contributed by atoms with Crippen LogP contribution in [-0.4, -0.2) is 16.8 Å². The van der Waals surface area contributed by atoms with Gasteiger partial charge in [-0.25, -0.2) is 0 Å². The Kier molecular flexibility index (Phi) is 4.61. The summed E-state index contributed by atoms with van der Waals surface area (Å²) in [5.41, 5.74) is 7.96. The second-order valence-electron chi connectivity index (χ2n) is 5.22. The Morgan fingerprint density at radius 3 is 2.91 bits per heavy atom. The van der Waals surface area contributed by atoms with Gasteiger partial charge < -0.3 is 16.1 Å². The molecule has 114 valence electrons. The number of halogens is 1. The van der Waals surface area contributed by atoms with E-state index in [9.17, 15) is 0 Å². The van der Waals surface area contributed by atoms with E-state index in [1.54, 1.807) is 0 Å². The molecule has 0 aliphatic carbocycles. The van der Waals surface area contributed by atoms with Crippen LogP contribution in [0.25, 0.3) is 0 Å². The highest BCUT2D eigenvalue weighted by molar-refractivity contribution is 9.10. The fourth-order valence-corrected chi connectivity index (χ4v) is 3.03. The number of benzene rings is 2. The van der Waals surface area contributed by atoms with Gasteiger partial charge in [0.1, 0.15) is 0 Å². The average Bonchev–Trinajstić information content (AvgIpc) is 2.91. The zero-order chi connectivity index (χ0) is 15.5. The number of nitrogens with zero attached hydrogens (tertiary/aromatic N) is 1. The predicted molar refractivity (Wildman–Crippen MR) is 98.7 cm³/mol. The average molecular weight is 377 g/mol. The van der Waals surface area contributed by atoms with E-state index < -0.39 is 0 Å². The van der Waals surface area contributed by atoms with Crippen LogP contribution in [0.5, 0.6) is 0 Å². The Bertz CT molecular complexity index is 679. The minimum atomic E-state index is 0.614. The van der Waals surface area contributed by atoms with Gasteiger partial charge >= 0.3 is 0 Å². The van der Waals surface area contributed by atoms with Crippen LogP contribution >= 0.6 is 28.1 Å². The van der Waals surface area contributed by atoms with E-state index in [0.29, 0.717) is 11.8 Å². The van der Waals surface area contributed by atoms with E-state index in [0.717, 1.165) is 28.0 Å². The molecule has 2 aromatic rings. The van der Waals surface area contributed by atoms with Crippen LogP contribution in [0.4, 0.5) is 11.4 Å². The van der Waals surface area contributed by atoms with E-state index in [4.69, 9.17) is 12.2 Å². The maximum Gasteiger partial charge on any atom is 0.171 e. The molecule has 0 saturated heterocycles. The highest BCUT2D eigenvalue weighted by Crippen LogP contribution is 2.23. The second kappa shape index (κ2) is 6.64. The first-order valence-electron chi connectivity index (χ1n) is 7.02. The van der Waals surface area contributed by atoms with Gasteiger partial charge in [0, 0.05) is 16.7 Å². The monoisotopic (exact) mass is 376 g/mol. The van der Waals surface area contributed by atoms with Gasteiger partial charge in [-0.2, -0.15) is 5.01 Å². The summed E-state index contributed by atoms with van der Waals surface area (Å²) in [4.78, 5) is 0. The lowest BCUT2D eigenvalue weighted by Crippen LogP contribution is -2.39. The Labute approximate surface area is 144 Å².